The number of carbonyl (C=O) groups is 3. The zero-order valence-corrected chi connectivity index (χ0v) is 23.5. The molecule has 2 amide bonds. The van der Waals surface area contributed by atoms with Crippen LogP contribution < -0.4 is 14.7 Å². The summed E-state index contributed by atoms with van der Waals surface area (Å²) in [5, 5.41) is 0.606. The summed E-state index contributed by atoms with van der Waals surface area (Å²) in [4.78, 5) is 43.7. The second kappa shape index (κ2) is 12.3. The molecule has 1 aliphatic rings. The third-order valence-corrected chi connectivity index (χ3v) is 7.44. The first-order valence-electron chi connectivity index (χ1n) is 13.1. The van der Waals surface area contributed by atoms with Gasteiger partial charge in [0.1, 0.15) is 0 Å². The van der Waals surface area contributed by atoms with Gasteiger partial charge < -0.3 is 19.4 Å². The van der Waals surface area contributed by atoms with Gasteiger partial charge in [-0.15, -0.1) is 0 Å². The van der Waals surface area contributed by atoms with Gasteiger partial charge in [-0.05, 0) is 79.9 Å². The molecular weight excluding hydrogens is 514 g/mol. The maximum Gasteiger partial charge on any atom is 0.305 e. The Morgan fingerprint density at radius 2 is 1.62 bits per heavy atom. The van der Waals surface area contributed by atoms with Gasteiger partial charge in [0.05, 0.1) is 13.2 Å². The van der Waals surface area contributed by atoms with Crippen LogP contribution >= 0.6 is 11.6 Å². The number of fused-ring (bicyclic) bond motifs is 1. The van der Waals surface area contributed by atoms with Crippen LogP contribution in [0.5, 0.6) is 0 Å². The molecule has 0 fully saturated rings. The van der Waals surface area contributed by atoms with Crippen molar-refractivity contribution < 1.29 is 19.1 Å². The van der Waals surface area contributed by atoms with E-state index in [9.17, 15) is 14.4 Å². The normalized spacial score (nSPS) is 16.3. The largest absolute Gasteiger partial charge is 0.469 e. The highest BCUT2D eigenvalue weighted by molar-refractivity contribution is 6.30. The molecule has 8 heteroatoms. The van der Waals surface area contributed by atoms with Crippen molar-refractivity contribution in [2.45, 2.75) is 45.2 Å². The van der Waals surface area contributed by atoms with Crippen LogP contribution in [-0.2, 0) is 14.3 Å². The van der Waals surface area contributed by atoms with E-state index >= 15 is 0 Å². The highest BCUT2D eigenvalue weighted by atomic mass is 35.5. The molecule has 3 aromatic carbocycles. The van der Waals surface area contributed by atoms with E-state index in [-0.39, 0.29) is 29.9 Å². The highest BCUT2D eigenvalue weighted by Gasteiger charge is 2.38. The van der Waals surface area contributed by atoms with Crippen LogP contribution in [0.4, 0.5) is 17.1 Å². The molecule has 0 N–H and O–H groups in total. The summed E-state index contributed by atoms with van der Waals surface area (Å²) < 4.78 is 4.71. The predicted octanol–water partition coefficient (Wildman–Crippen LogP) is 6.26. The number of rotatable bonds is 8. The Morgan fingerprint density at radius 3 is 2.26 bits per heavy atom. The summed E-state index contributed by atoms with van der Waals surface area (Å²) in [6.07, 6.45) is 1.64. The number of para-hydroxylation sites is 1. The van der Waals surface area contributed by atoms with Crippen LogP contribution in [0, 0.1) is 0 Å². The predicted molar refractivity (Wildman–Crippen MR) is 156 cm³/mol. The molecule has 0 saturated carbocycles. The minimum absolute atomic E-state index is 0.0737. The zero-order valence-electron chi connectivity index (χ0n) is 22.8. The smallest absolute Gasteiger partial charge is 0.305 e. The standard InChI is InChI=1S/C31H34ClN3O4/c1-21-20-29(35(22(2)36)26-17-13-24(32)14-18-26)27-8-5-6-9-28(27)34(21)31(38)23-11-15-25(16-12-23)33(3)19-7-10-30(37)39-4/h5-6,8-9,11-18,21,29H,7,10,19-20H2,1-4H3/t21-,29+/m0/s1. The summed E-state index contributed by atoms with van der Waals surface area (Å²) in [5.74, 6) is -0.383. The topological polar surface area (TPSA) is 70.2 Å². The molecule has 3 aromatic rings. The molecule has 204 valence electrons. The average molecular weight is 548 g/mol. The minimum atomic E-state index is -0.222. The third-order valence-electron chi connectivity index (χ3n) is 7.19. The van der Waals surface area contributed by atoms with E-state index in [0.29, 0.717) is 36.4 Å². The van der Waals surface area contributed by atoms with Crippen molar-refractivity contribution in [1.82, 2.24) is 0 Å². The van der Waals surface area contributed by atoms with E-state index in [0.717, 1.165) is 22.6 Å². The molecule has 1 aliphatic heterocycles. The number of hydrogen-bond donors (Lipinski definition) is 0. The van der Waals surface area contributed by atoms with Gasteiger partial charge >= 0.3 is 5.97 Å². The summed E-state index contributed by atoms with van der Waals surface area (Å²) in [6.45, 7) is 4.28. The van der Waals surface area contributed by atoms with Crippen LogP contribution in [-0.4, -0.2) is 44.5 Å². The maximum absolute atomic E-state index is 13.8. The lowest BCUT2D eigenvalue weighted by atomic mass is 9.89. The number of carbonyl (C=O) groups excluding carboxylic acids is 3. The molecule has 39 heavy (non-hydrogen) atoms. The minimum Gasteiger partial charge on any atom is -0.469 e. The van der Waals surface area contributed by atoms with Gasteiger partial charge in [0.2, 0.25) is 5.91 Å². The number of ether oxygens (including phenoxy) is 1. The lowest BCUT2D eigenvalue weighted by molar-refractivity contribution is -0.140. The van der Waals surface area contributed by atoms with Gasteiger partial charge in [-0.2, -0.15) is 0 Å². The van der Waals surface area contributed by atoms with Gasteiger partial charge in [-0.25, -0.2) is 0 Å². The third kappa shape index (κ3) is 6.25. The van der Waals surface area contributed by atoms with Crippen LogP contribution in [0.15, 0.2) is 72.8 Å². The summed E-state index contributed by atoms with van der Waals surface area (Å²) in [5.41, 5.74) is 4.04. The molecule has 1 heterocycles. The van der Waals surface area contributed by atoms with Gasteiger partial charge in [0.15, 0.2) is 0 Å². The molecule has 0 spiro atoms. The number of hydrogen-bond acceptors (Lipinski definition) is 5. The first-order valence-corrected chi connectivity index (χ1v) is 13.4. The Balaban J connectivity index is 1.57. The second-order valence-electron chi connectivity index (χ2n) is 9.85. The summed E-state index contributed by atoms with van der Waals surface area (Å²) >= 11 is 6.10. The fourth-order valence-corrected chi connectivity index (χ4v) is 5.33. The first-order chi connectivity index (χ1) is 18.7. The molecule has 0 unspecified atom stereocenters. The Kier molecular flexibility index (Phi) is 8.92. The molecule has 7 nitrogen and oxygen atoms in total. The van der Waals surface area contributed by atoms with Crippen LogP contribution in [0.25, 0.3) is 0 Å². The van der Waals surface area contributed by atoms with Crippen LogP contribution in [0.1, 0.15) is 55.1 Å². The van der Waals surface area contributed by atoms with Crippen molar-refractivity contribution >= 4 is 46.4 Å². The van der Waals surface area contributed by atoms with Gasteiger partial charge in [0, 0.05) is 60.6 Å². The number of halogens is 1. The Hall–Kier alpha value is -3.84. The average Bonchev–Trinajstić information content (AvgIpc) is 2.93. The zero-order chi connectivity index (χ0) is 28.1. The summed E-state index contributed by atoms with van der Waals surface area (Å²) in [6, 6.07) is 22.2. The van der Waals surface area contributed by atoms with Crippen molar-refractivity contribution in [3.05, 3.63) is 88.9 Å². The monoisotopic (exact) mass is 547 g/mol. The Bertz CT molecular complexity index is 1330. The van der Waals surface area contributed by atoms with Gasteiger partial charge in [0.25, 0.3) is 5.91 Å². The second-order valence-corrected chi connectivity index (χ2v) is 10.3. The van der Waals surface area contributed by atoms with E-state index in [4.69, 9.17) is 16.3 Å². The van der Waals surface area contributed by atoms with E-state index < -0.39 is 0 Å². The Morgan fingerprint density at radius 1 is 0.974 bits per heavy atom. The van der Waals surface area contributed by atoms with E-state index in [1.54, 1.807) is 24.0 Å². The van der Waals surface area contributed by atoms with Gasteiger partial charge in [-0.3, -0.25) is 14.4 Å². The molecule has 4 rings (SSSR count). The lowest BCUT2D eigenvalue weighted by Gasteiger charge is -2.43. The van der Waals surface area contributed by atoms with Gasteiger partial charge in [-0.1, -0.05) is 29.8 Å². The van der Waals surface area contributed by atoms with Crippen molar-refractivity contribution in [1.29, 1.82) is 0 Å². The maximum atomic E-state index is 13.8. The molecule has 0 radical (unpaired) electrons. The quantitative estimate of drug-likeness (QED) is 0.311. The number of methoxy groups -OCH3 is 1. The van der Waals surface area contributed by atoms with Crippen LogP contribution in [0.3, 0.4) is 0 Å². The number of benzene rings is 3. The van der Waals surface area contributed by atoms with Crippen molar-refractivity contribution in [3.63, 3.8) is 0 Å². The van der Waals surface area contributed by atoms with Crippen molar-refractivity contribution in [3.8, 4) is 0 Å². The Labute approximate surface area is 234 Å². The molecule has 2 atom stereocenters. The number of nitrogens with zero attached hydrogens (tertiary/aromatic N) is 3. The van der Waals surface area contributed by atoms with Crippen molar-refractivity contribution in [2.24, 2.45) is 0 Å². The highest BCUT2D eigenvalue weighted by Crippen LogP contribution is 2.43. The lowest BCUT2D eigenvalue weighted by Crippen LogP contribution is -2.47. The van der Waals surface area contributed by atoms with Crippen LogP contribution in [0.2, 0.25) is 5.02 Å². The molecule has 0 aliphatic carbocycles. The van der Waals surface area contributed by atoms with Crippen molar-refractivity contribution in [2.75, 3.05) is 35.4 Å². The van der Waals surface area contributed by atoms with E-state index in [2.05, 4.69) is 0 Å². The SMILES string of the molecule is COC(=O)CCCN(C)c1ccc(C(=O)N2c3ccccc3[C@H](N(C(C)=O)c3ccc(Cl)cc3)C[C@@H]2C)cc1. The van der Waals surface area contributed by atoms with E-state index in [1.165, 1.54) is 7.11 Å². The van der Waals surface area contributed by atoms with E-state index in [1.807, 2.05) is 84.4 Å². The molecule has 0 bridgehead atoms. The number of amides is 2. The number of esters is 1. The molecular formula is C31H34ClN3O4. The summed E-state index contributed by atoms with van der Waals surface area (Å²) in [7, 11) is 3.35. The fraction of sp³-hybridized carbons (Fsp3) is 0.323. The molecule has 0 aromatic heterocycles. The first kappa shape index (κ1) is 28.2. The number of anilines is 3. The fourth-order valence-electron chi connectivity index (χ4n) is 5.21. The molecule has 0 saturated heterocycles.